The monoisotopic (exact) mass is 457 g/mol. The van der Waals surface area contributed by atoms with Crippen LogP contribution in [0.2, 0.25) is 0 Å². The zero-order valence-corrected chi connectivity index (χ0v) is 18.6. The van der Waals surface area contributed by atoms with Crippen molar-refractivity contribution in [2.45, 2.75) is 0 Å². The highest BCUT2D eigenvalue weighted by Crippen LogP contribution is 2.27. The van der Waals surface area contributed by atoms with E-state index in [-0.39, 0.29) is 50.4 Å². The van der Waals surface area contributed by atoms with E-state index in [1.54, 1.807) is 21.9 Å². The van der Waals surface area contributed by atoms with Crippen LogP contribution in [0.25, 0.3) is 0 Å². The van der Waals surface area contributed by atoms with Gasteiger partial charge in [0, 0.05) is 45.3 Å². The molecule has 0 bridgehead atoms. The summed E-state index contributed by atoms with van der Waals surface area (Å²) in [4.78, 5) is 60.1. The molecule has 0 aromatic carbocycles. The summed E-state index contributed by atoms with van der Waals surface area (Å²) >= 11 is 0.936. The molecule has 2 aliphatic rings. The predicted molar refractivity (Wildman–Crippen MR) is 116 cm³/mol. The number of carbonyl (C=O) groups excluding carboxylic acids is 4. The van der Waals surface area contributed by atoms with Gasteiger partial charge in [-0.15, -0.1) is 11.3 Å². The van der Waals surface area contributed by atoms with Gasteiger partial charge in [-0.1, -0.05) is 0 Å². The number of nitrogens with zero attached hydrogens (tertiary/aromatic N) is 4. The SMILES string of the molecule is CN(C)CCNC1=CC(=O)c2sc(C(=O)N3CCN(C(=O)c4ccco4)CC3)nc2C1=O. The molecule has 1 aliphatic heterocycles. The largest absolute Gasteiger partial charge is 0.459 e. The van der Waals surface area contributed by atoms with Gasteiger partial charge in [0.15, 0.2) is 16.6 Å². The molecule has 1 aliphatic carbocycles. The highest BCUT2D eigenvalue weighted by molar-refractivity contribution is 7.16. The molecule has 0 spiro atoms. The Morgan fingerprint density at radius 2 is 1.84 bits per heavy atom. The zero-order chi connectivity index (χ0) is 22.8. The Kier molecular flexibility index (Phi) is 6.19. The minimum absolute atomic E-state index is 0.0184. The van der Waals surface area contributed by atoms with Crippen LogP contribution in [-0.2, 0) is 0 Å². The van der Waals surface area contributed by atoms with Crippen LogP contribution in [0.3, 0.4) is 0 Å². The summed E-state index contributed by atoms with van der Waals surface area (Å²) < 4.78 is 5.15. The van der Waals surface area contributed by atoms with Crippen LogP contribution < -0.4 is 5.32 Å². The van der Waals surface area contributed by atoms with Crippen LogP contribution >= 0.6 is 11.3 Å². The lowest BCUT2D eigenvalue weighted by Gasteiger charge is -2.33. The van der Waals surface area contributed by atoms with E-state index in [0.717, 1.165) is 11.3 Å². The Bertz CT molecular complexity index is 1080. The van der Waals surface area contributed by atoms with E-state index in [4.69, 9.17) is 4.42 Å². The summed E-state index contributed by atoms with van der Waals surface area (Å²) in [7, 11) is 3.82. The van der Waals surface area contributed by atoms with Gasteiger partial charge in [-0.05, 0) is 26.2 Å². The van der Waals surface area contributed by atoms with Crippen LogP contribution in [0.15, 0.2) is 34.6 Å². The summed E-state index contributed by atoms with van der Waals surface area (Å²) in [6, 6.07) is 3.25. The van der Waals surface area contributed by atoms with Crippen molar-refractivity contribution in [2.24, 2.45) is 0 Å². The number of likely N-dealkylation sites (N-methyl/N-ethyl adjacent to an activating group) is 1. The van der Waals surface area contributed by atoms with E-state index in [2.05, 4.69) is 10.3 Å². The maximum atomic E-state index is 13.0. The Morgan fingerprint density at radius 3 is 2.47 bits per heavy atom. The number of ketones is 2. The normalized spacial score (nSPS) is 16.3. The minimum Gasteiger partial charge on any atom is -0.459 e. The first kappa shape index (κ1) is 21.9. The summed E-state index contributed by atoms with van der Waals surface area (Å²) in [5.41, 5.74) is 0.212. The topological polar surface area (TPSA) is 116 Å². The molecule has 168 valence electrons. The Morgan fingerprint density at radius 1 is 1.16 bits per heavy atom. The third kappa shape index (κ3) is 4.34. The highest BCUT2D eigenvalue weighted by atomic mass is 32.1. The van der Waals surface area contributed by atoms with Gasteiger partial charge in [0.25, 0.3) is 11.8 Å². The molecule has 0 atom stereocenters. The van der Waals surface area contributed by atoms with Gasteiger partial charge in [-0.2, -0.15) is 0 Å². The summed E-state index contributed by atoms with van der Waals surface area (Å²) in [6.07, 6.45) is 2.71. The first-order valence-electron chi connectivity index (χ1n) is 10.2. The van der Waals surface area contributed by atoms with E-state index < -0.39 is 0 Å². The second-order valence-corrected chi connectivity index (χ2v) is 8.74. The number of carbonyl (C=O) groups is 4. The van der Waals surface area contributed by atoms with Crippen molar-refractivity contribution in [1.82, 2.24) is 25.0 Å². The molecule has 0 unspecified atom stereocenters. The molecule has 1 N–H and O–H groups in total. The van der Waals surface area contributed by atoms with Crippen LogP contribution in [-0.4, -0.2) is 96.4 Å². The van der Waals surface area contributed by atoms with Gasteiger partial charge >= 0.3 is 0 Å². The Hall–Kier alpha value is -3.31. The third-order valence-electron chi connectivity index (χ3n) is 5.23. The van der Waals surface area contributed by atoms with Gasteiger partial charge in [0.05, 0.1) is 12.0 Å². The predicted octanol–water partition coefficient (Wildman–Crippen LogP) is 0.748. The number of piperazine rings is 1. The molecule has 3 heterocycles. The average molecular weight is 458 g/mol. The van der Waals surface area contributed by atoms with Gasteiger partial charge in [-0.25, -0.2) is 4.98 Å². The number of thiazole rings is 1. The van der Waals surface area contributed by atoms with Crippen molar-refractivity contribution >= 4 is 34.7 Å². The number of rotatable bonds is 6. The minimum atomic E-state index is -0.387. The molecule has 10 nitrogen and oxygen atoms in total. The second kappa shape index (κ2) is 9.05. The maximum absolute atomic E-state index is 13.0. The molecule has 1 saturated heterocycles. The number of allylic oxidation sites excluding steroid dienone is 2. The fourth-order valence-electron chi connectivity index (χ4n) is 3.47. The number of hydrogen-bond acceptors (Lipinski definition) is 9. The number of furan rings is 1. The molecule has 32 heavy (non-hydrogen) atoms. The fourth-order valence-corrected chi connectivity index (χ4v) is 4.41. The number of hydrogen-bond donors (Lipinski definition) is 1. The molecule has 0 radical (unpaired) electrons. The number of amides is 2. The lowest BCUT2D eigenvalue weighted by Crippen LogP contribution is -2.50. The first-order valence-corrected chi connectivity index (χ1v) is 11.0. The molecule has 2 aromatic rings. The molecular formula is C21H23N5O5S. The maximum Gasteiger partial charge on any atom is 0.289 e. The summed E-state index contributed by atoms with van der Waals surface area (Å²) in [5.74, 6) is -1.03. The molecule has 1 fully saturated rings. The van der Waals surface area contributed by atoms with Gasteiger partial charge < -0.3 is 24.4 Å². The van der Waals surface area contributed by atoms with E-state index in [1.165, 1.54) is 12.3 Å². The Labute approximate surface area is 188 Å². The number of aromatic nitrogens is 1. The van der Waals surface area contributed by atoms with E-state index in [9.17, 15) is 19.2 Å². The van der Waals surface area contributed by atoms with Gasteiger partial charge in [0.2, 0.25) is 5.78 Å². The van der Waals surface area contributed by atoms with Crippen molar-refractivity contribution in [3.8, 4) is 0 Å². The van der Waals surface area contributed by atoms with Crippen molar-refractivity contribution in [1.29, 1.82) is 0 Å². The van der Waals surface area contributed by atoms with E-state index >= 15 is 0 Å². The highest BCUT2D eigenvalue weighted by Gasteiger charge is 2.34. The van der Waals surface area contributed by atoms with Crippen molar-refractivity contribution in [3.05, 3.63) is 51.5 Å². The number of Topliss-reactive ketones (excluding diaryl/α,β-unsaturated/α-hetero) is 1. The Balaban J connectivity index is 1.40. The van der Waals surface area contributed by atoms with Crippen LogP contribution in [0.5, 0.6) is 0 Å². The van der Waals surface area contributed by atoms with E-state index in [0.29, 0.717) is 39.3 Å². The number of nitrogens with one attached hydrogen (secondary N) is 1. The van der Waals surface area contributed by atoms with Crippen LogP contribution in [0.4, 0.5) is 0 Å². The summed E-state index contributed by atoms with van der Waals surface area (Å²) in [5, 5.41) is 3.08. The van der Waals surface area contributed by atoms with Gasteiger partial charge in [-0.3, -0.25) is 19.2 Å². The zero-order valence-electron chi connectivity index (χ0n) is 17.8. The molecule has 0 saturated carbocycles. The standard InChI is InChI=1S/C21H23N5O5S/c1-24(2)6-5-22-13-12-14(27)18-16(17(13)28)23-19(32-18)21(30)26-9-7-25(8-10-26)20(29)15-4-3-11-31-15/h3-4,11-12,22H,5-10H2,1-2H3. The molecule has 2 aromatic heterocycles. The summed E-state index contributed by atoms with van der Waals surface area (Å²) in [6.45, 7) is 2.57. The fraction of sp³-hybridized carbons (Fsp3) is 0.381. The second-order valence-electron chi connectivity index (χ2n) is 7.74. The molecule has 2 amide bonds. The third-order valence-corrected chi connectivity index (χ3v) is 6.29. The average Bonchev–Trinajstić information content (AvgIpc) is 3.47. The lowest BCUT2D eigenvalue weighted by atomic mass is 10.0. The lowest BCUT2D eigenvalue weighted by molar-refractivity contribution is 0.0518. The molecule has 11 heteroatoms. The molecular weight excluding hydrogens is 434 g/mol. The van der Waals surface area contributed by atoms with Crippen LogP contribution in [0, 0.1) is 0 Å². The number of fused-ring (bicyclic) bond motifs is 1. The van der Waals surface area contributed by atoms with Crippen LogP contribution in [0.1, 0.15) is 40.5 Å². The molecule has 4 rings (SSSR count). The van der Waals surface area contributed by atoms with E-state index in [1.807, 2.05) is 19.0 Å². The first-order chi connectivity index (χ1) is 15.3. The van der Waals surface area contributed by atoms with Crippen molar-refractivity contribution in [3.63, 3.8) is 0 Å². The smallest absolute Gasteiger partial charge is 0.289 e. The van der Waals surface area contributed by atoms with Crippen molar-refractivity contribution in [2.75, 3.05) is 53.4 Å². The quantitative estimate of drug-likeness (QED) is 0.676. The van der Waals surface area contributed by atoms with Gasteiger partial charge in [0.1, 0.15) is 10.6 Å². The van der Waals surface area contributed by atoms with Crippen molar-refractivity contribution < 1.29 is 23.6 Å².